The number of rotatable bonds is 5. The molecule has 1 amide bonds. The van der Waals surface area contributed by atoms with Crippen LogP contribution in [-0.2, 0) is 9.53 Å². The molecule has 2 saturated heterocycles. The molecule has 0 aromatic carbocycles. The number of methoxy groups -OCH3 is 1. The van der Waals surface area contributed by atoms with Crippen LogP contribution >= 0.6 is 0 Å². The lowest BCUT2D eigenvalue weighted by atomic mass is 9.97. The molecular weight excluding hydrogens is 311 g/mol. The molecule has 5 nitrogen and oxygen atoms in total. The molecule has 0 spiro atoms. The first-order chi connectivity index (χ1) is 10.9. The molecule has 2 heterocycles. The number of carbonyl (C=O) groups is 1. The van der Waals surface area contributed by atoms with Crippen molar-refractivity contribution in [1.29, 1.82) is 0 Å². The number of nitrogens with zero attached hydrogens (tertiary/aromatic N) is 3. The third-order valence-electron chi connectivity index (χ3n) is 4.67. The average molecular weight is 337 g/mol. The first-order valence-electron chi connectivity index (χ1n) is 8.18. The number of carbonyl (C=O) groups excluding carboxylic acids is 1. The topological polar surface area (TPSA) is 36.0 Å². The maximum atomic E-state index is 12.8. The fourth-order valence-corrected chi connectivity index (χ4v) is 3.15. The van der Waals surface area contributed by atoms with Crippen molar-refractivity contribution < 1.29 is 22.7 Å². The zero-order valence-electron chi connectivity index (χ0n) is 13.6. The molecule has 2 aliphatic heterocycles. The van der Waals surface area contributed by atoms with Crippen LogP contribution in [0.3, 0.4) is 0 Å². The number of piperazine rings is 1. The lowest BCUT2D eigenvalue weighted by Gasteiger charge is -2.37. The van der Waals surface area contributed by atoms with Gasteiger partial charge in [-0.15, -0.1) is 0 Å². The molecular formula is C15H26F3N3O2. The molecule has 8 heteroatoms. The summed E-state index contributed by atoms with van der Waals surface area (Å²) >= 11 is 0. The number of alkyl halides is 3. The highest BCUT2D eigenvalue weighted by Crippen LogP contribution is 2.33. The van der Waals surface area contributed by atoms with E-state index in [-0.39, 0.29) is 25.4 Å². The minimum Gasteiger partial charge on any atom is -0.383 e. The smallest absolute Gasteiger partial charge is 0.383 e. The number of amides is 1. The van der Waals surface area contributed by atoms with E-state index in [0.717, 1.165) is 32.7 Å². The monoisotopic (exact) mass is 337 g/mol. The molecule has 134 valence electrons. The van der Waals surface area contributed by atoms with E-state index in [0.29, 0.717) is 19.6 Å². The molecule has 0 saturated carbocycles. The van der Waals surface area contributed by atoms with Gasteiger partial charge in [0.2, 0.25) is 5.91 Å². The highest BCUT2D eigenvalue weighted by molar-refractivity contribution is 5.78. The molecule has 2 rings (SSSR count). The van der Waals surface area contributed by atoms with Crippen LogP contribution in [0, 0.1) is 5.92 Å². The van der Waals surface area contributed by atoms with E-state index in [1.807, 2.05) is 4.90 Å². The van der Waals surface area contributed by atoms with Gasteiger partial charge < -0.3 is 9.64 Å². The van der Waals surface area contributed by atoms with Crippen molar-refractivity contribution in [3.05, 3.63) is 0 Å². The highest BCUT2D eigenvalue weighted by atomic mass is 19.4. The van der Waals surface area contributed by atoms with E-state index in [1.165, 1.54) is 4.90 Å². The Kier molecular flexibility index (Phi) is 6.67. The normalized spacial score (nSPS) is 24.9. The van der Waals surface area contributed by atoms with Gasteiger partial charge in [0.25, 0.3) is 0 Å². The van der Waals surface area contributed by atoms with Gasteiger partial charge in [-0.25, -0.2) is 0 Å². The molecule has 2 aliphatic rings. The second-order valence-corrected chi connectivity index (χ2v) is 6.33. The molecule has 1 unspecified atom stereocenters. The van der Waals surface area contributed by atoms with Gasteiger partial charge in [0.05, 0.1) is 19.1 Å². The zero-order chi connectivity index (χ0) is 16.9. The minimum absolute atomic E-state index is 0.130. The summed E-state index contributed by atoms with van der Waals surface area (Å²) in [5.41, 5.74) is 0. The number of hydrogen-bond acceptors (Lipinski definition) is 4. The van der Waals surface area contributed by atoms with Gasteiger partial charge in [0.15, 0.2) is 0 Å². The summed E-state index contributed by atoms with van der Waals surface area (Å²) in [4.78, 5) is 18.0. The fraction of sp³-hybridized carbons (Fsp3) is 0.933. The van der Waals surface area contributed by atoms with E-state index >= 15 is 0 Å². The Morgan fingerprint density at radius 3 is 2.39 bits per heavy atom. The second-order valence-electron chi connectivity index (χ2n) is 6.33. The van der Waals surface area contributed by atoms with Crippen molar-refractivity contribution in [2.24, 2.45) is 5.92 Å². The van der Waals surface area contributed by atoms with Crippen LogP contribution in [0.2, 0.25) is 0 Å². The molecule has 23 heavy (non-hydrogen) atoms. The Bertz CT molecular complexity index is 385. The summed E-state index contributed by atoms with van der Waals surface area (Å²) < 4.78 is 43.5. The van der Waals surface area contributed by atoms with Crippen LogP contribution in [-0.4, -0.2) is 92.9 Å². The SMILES string of the molecule is COCCN1CCN(CC(=O)N2CCCC(C(F)(F)F)C2)CC1. The standard InChI is InChI=1S/C15H26F3N3O2/c1-23-10-9-19-5-7-20(8-6-19)12-14(22)21-4-2-3-13(11-21)15(16,17)18/h13H,2-12H2,1H3. The molecule has 2 fully saturated rings. The molecule has 0 N–H and O–H groups in total. The number of halogens is 3. The van der Waals surface area contributed by atoms with Crippen LogP contribution in [0.15, 0.2) is 0 Å². The Morgan fingerprint density at radius 1 is 1.13 bits per heavy atom. The summed E-state index contributed by atoms with van der Waals surface area (Å²) in [5.74, 6) is -1.55. The maximum Gasteiger partial charge on any atom is 0.393 e. The van der Waals surface area contributed by atoms with Crippen molar-refractivity contribution in [3.8, 4) is 0 Å². The number of hydrogen-bond donors (Lipinski definition) is 0. The zero-order valence-corrected chi connectivity index (χ0v) is 13.6. The summed E-state index contributed by atoms with van der Waals surface area (Å²) in [7, 11) is 1.67. The Hall–Kier alpha value is -0.860. The van der Waals surface area contributed by atoms with E-state index in [2.05, 4.69) is 4.90 Å². The quantitative estimate of drug-likeness (QED) is 0.751. The van der Waals surface area contributed by atoms with Gasteiger partial charge in [0.1, 0.15) is 0 Å². The van der Waals surface area contributed by atoms with E-state index in [9.17, 15) is 18.0 Å². The van der Waals surface area contributed by atoms with Gasteiger partial charge in [-0.3, -0.25) is 14.6 Å². The van der Waals surface area contributed by atoms with Gasteiger partial charge in [-0.2, -0.15) is 13.2 Å². The van der Waals surface area contributed by atoms with Crippen molar-refractivity contribution >= 4 is 5.91 Å². The predicted octanol–water partition coefficient (Wildman–Crippen LogP) is 1.05. The lowest BCUT2D eigenvalue weighted by Crippen LogP contribution is -2.52. The molecule has 0 bridgehead atoms. The Morgan fingerprint density at radius 2 is 1.78 bits per heavy atom. The van der Waals surface area contributed by atoms with Gasteiger partial charge in [0, 0.05) is 52.9 Å². The van der Waals surface area contributed by atoms with Crippen molar-refractivity contribution in [3.63, 3.8) is 0 Å². The maximum absolute atomic E-state index is 12.8. The first kappa shape index (κ1) is 18.5. The molecule has 0 aromatic rings. The van der Waals surface area contributed by atoms with E-state index < -0.39 is 12.1 Å². The Labute approximate surface area is 135 Å². The number of ether oxygens (including phenoxy) is 1. The summed E-state index contributed by atoms with van der Waals surface area (Å²) in [6, 6.07) is 0. The molecule has 0 radical (unpaired) electrons. The minimum atomic E-state index is -4.20. The van der Waals surface area contributed by atoms with Gasteiger partial charge >= 0.3 is 6.18 Å². The number of likely N-dealkylation sites (tertiary alicyclic amines) is 1. The summed E-state index contributed by atoms with van der Waals surface area (Å²) in [6.45, 7) is 5.31. The van der Waals surface area contributed by atoms with Gasteiger partial charge in [-0.05, 0) is 12.8 Å². The van der Waals surface area contributed by atoms with Crippen LogP contribution < -0.4 is 0 Å². The summed E-state index contributed by atoms with van der Waals surface area (Å²) in [6.07, 6.45) is -3.64. The van der Waals surface area contributed by atoms with Crippen LogP contribution in [0.4, 0.5) is 13.2 Å². The third kappa shape index (κ3) is 5.61. The Balaban J connectivity index is 1.74. The van der Waals surface area contributed by atoms with Crippen LogP contribution in [0.5, 0.6) is 0 Å². The highest BCUT2D eigenvalue weighted by Gasteiger charge is 2.42. The van der Waals surface area contributed by atoms with Gasteiger partial charge in [-0.1, -0.05) is 0 Å². The molecule has 0 aliphatic carbocycles. The van der Waals surface area contributed by atoms with Crippen LogP contribution in [0.25, 0.3) is 0 Å². The third-order valence-corrected chi connectivity index (χ3v) is 4.67. The van der Waals surface area contributed by atoms with E-state index in [1.54, 1.807) is 7.11 Å². The number of piperidine rings is 1. The fourth-order valence-electron chi connectivity index (χ4n) is 3.15. The molecule has 1 atom stereocenters. The summed E-state index contributed by atoms with van der Waals surface area (Å²) in [5, 5.41) is 0. The average Bonchev–Trinajstić information content (AvgIpc) is 2.53. The van der Waals surface area contributed by atoms with E-state index in [4.69, 9.17) is 4.74 Å². The van der Waals surface area contributed by atoms with Crippen molar-refractivity contribution in [2.75, 3.05) is 66.1 Å². The lowest BCUT2D eigenvalue weighted by molar-refractivity contribution is -0.188. The van der Waals surface area contributed by atoms with Crippen molar-refractivity contribution in [2.45, 2.75) is 19.0 Å². The molecule has 0 aromatic heterocycles. The first-order valence-corrected chi connectivity index (χ1v) is 8.18. The second kappa shape index (κ2) is 8.30. The predicted molar refractivity (Wildman–Crippen MR) is 80.1 cm³/mol. The van der Waals surface area contributed by atoms with Crippen LogP contribution in [0.1, 0.15) is 12.8 Å². The largest absolute Gasteiger partial charge is 0.393 e. The van der Waals surface area contributed by atoms with Crippen molar-refractivity contribution in [1.82, 2.24) is 14.7 Å².